The van der Waals surface area contributed by atoms with Crippen molar-refractivity contribution < 1.29 is 19.4 Å². The number of halogens is 1. The van der Waals surface area contributed by atoms with E-state index in [-0.39, 0.29) is 13.2 Å². The molecular weight excluding hydrogens is 278 g/mol. The molecule has 1 heterocycles. The van der Waals surface area contributed by atoms with E-state index in [2.05, 4.69) is 15.9 Å². The highest BCUT2D eigenvalue weighted by molar-refractivity contribution is 9.10. The van der Waals surface area contributed by atoms with Gasteiger partial charge < -0.3 is 20.3 Å². The molecule has 0 saturated heterocycles. The number of hydrogen-bond donors (Lipinski definition) is 2. The van der Waals surface area contributed by atoms with Crippen LogP contribution in [0.5, 0.6) is 11.5 Å². The van der Waals surface area contributed by atoms with Gasteiger partial charge in [0.15, 0.2) is 11.5 Å². The summed E-state index contributed by atoms with van der Waals surface area (Å²) in [4.78, 5) is 10.6. The monoisotopic (exact) mass is 287 g/mol. The average Bonchev–Trinajstić information content (AvgIpc) is 2.65. The molecule has 0 bridgehead atoms. The Morgan fingerprint density at radius 1 is 1.56 bits per heavy atom. The number of carboxylic acids is 1. The van der Waals surface area contributed by atoms with Gasteiger partial charge in [0.05, 0.1) is 4.47 Å². The zero-order valence-electron chi connectivity index (χ0n) is 8.27. The van der Waals surface area contributed by atoms with Crippen molar-refractivity contribution in [1.29, 1.82) is 0 Å². The number of hydrogen-bond acceptors (Lipinski definition) is 4. The van der Waals surface area contributed by atoms with E-state index >= 15 is 0 Å². The highest BCUT2D eigenvalue weighted by atomic mass is 79.9. The van der Waals surface area contributed by atoms with Crippen LogP contribution in [0.3, 0.4) is 0 Å². The van der Waals surface area contributed by atoms with Gasteiger partial charge in [-0.2, -0.15) is 0 Å². The van der Waals surface area contributed by atoms with Crippen molar-refractivity contribution in [3.63, 3.8) is 0 Å². The summed E-state index contributed by atoms with van der Waals surface area (Å²) in [6.45, 7) is 0.183. The van der Waals surface area contributed by atoms with E-state index < -0.39 is 12.0 Å². The third kappa shape index (κ3) is 2.12. The lowest BCUT2D eigenvalue weighted by atomic mass is 10.1. The van der Waals surface area contributed by atoms with Gasteiger partial charge in [-0.3, -0.25) is 4.79 Å². The van der Waals surface area contributed by atoms with Gasteiger partial charge in [0.1, 0.15) is 6.04 Å². The zero-order valence-corrected chi connectivity index (χ0v) is 9.86. The molecule has 16 heavy (non-hydrogen) atoms. The number of benzene rings is 1. The van der Waals surface area contributed by atoms with E-state index in [1.165, 1.54) is 0 Å². The molecule has 2 rings (SSSR count). The summed E-state index contributed by atoms with van der Waals surface area (Å²) in [7, 11) is 0. The molecule has 86 valence electrons. The van der Waals surface area contributed by atoms with Crippen LogP contribution in [-0.4, -0.2) is 23.9 Å². The Bertz CT molecular complexity index is 435. The second-order valence-corrected chi connectivity index (χ2v) is 4.31. The normalized spacial score (nSPS) is 14.9. The molecule has 5 nitrogen and oxygen atoms in total. The summed E-state index contributed by atoms with van der Waals surface area (Å²) in [5.41, 5.74) is 6.25. The predicted octanol–water partition coefficient (Wildman–Crippen LogP) is 1.13. The average molecular weight is 288 g/mol. The molecule has 0 aliphatic carbocycles. The third-order valence-corrected chi connectivity index (χ3v) is 2.85. The van der Waals surface area contributed by atoms with Crippen molar-refractivity contribution in [2.75, 3.05) is 6.79 Å². The Labute approximate surface area is 100 Å². The lowest BCUT2D eigenvalue weighted by Crippen LogP contribution is -2.32. The molecule has 0 saturated carbocycles. The molecule has 1 aromatic rings. The minimum atomic E-state index is -1.02. The first-order chi connectivity index (χ1) is 7.58. The van der Waals surface area contributed by atoms with Gasteiger partial charge >= 0.3 is 5.97 Å². The topological polar surface area (TPSA) is 81.8 Å². The van der Waals surface area contributed by atoms with E-state index in [1.807, 2.05) is 0 Å². The molecule has 0 amide bonds. The first-order valence-electron chi connectivity index (χ1n) is 4.64. The van der Waals surface area contributed by atoms with Gasteiger partial charge in [0, 0.05) is 0 Å². The molecule has 1 unspecified atom stereocenters. The first kappa shape index (κ1) is 11.2. The highest BCUT2D eigenvalue weighted by Gasteiger charge is 2.20. The fraction of sp³-hybridized carbons (Fsp3) is 0.300. The van der Waals surface area contributed by atoms with Gasteiger partial charge in [0.2, 0.25) is 6.79 Å². The van der Waals surface area contributed by atoms with Crippen molar-refractivity contribution >= 4 is 21.9 Å². The molecular formula is C10H10BrNO4. The van der Waals surface area contributed by atoms with Crippen LogP contribution in [0.2, 0.25) is 0 Å². The second kappa shape index (κ2) is 4.31. The Hall–Kier alpha value is -1.27. The number of nitrogens with two attached hydrogens (primary N) is 1. The number of fused-ring (bicyclic) bond motifs is 1. The van der Waals surface area contributed by atoms with Crippen LogP contribution in [0.1, 0.15) is 5.56 Å². The van der Waals surface area contributed by atoms with E-state index in [4.69, 9.17) is 20.3 Å². The lowest BCUT2D eigenvalue weighted by Gasteiger charge is -2.08. The molecule has 0 aromatic heterocycles. The van der Waals surface area contributed by atoms with Crippen molar-refractivity contribution in [3.8, 4) is 11.5 Å². The van der Waals surface area contributed by atoms with Crippen LogP contribution in [0.25, 0.3) is 0 Å². The fourth-order valence-corrected chi connectivity index (χ4v) is 2.08. The predicted molar refractivity (Wildman–Crippen MR) is 59.6 cm³/mol. The van der Waals surface area contributed by atoms with E-state index in [1.54, 1.807) is 12.1 Å². The van der Waals surface area contributed by atoms with Crippen molar-refractivity contribution in [2.45, 2.75) is 12.5 Å². The third-order valence-electron chi connectivity index (χ3n) is 2.26. The quantitative estimate of drug-likeness (QED) is 0.871. The minimum Gasteiger partial charge on any atom is -0.480 e. The van der Waals surface area contributed by atoms with Gasteiger partial charge in [-0.05, 0) is 40.0 Å². The number of carboxylic acid groups (broad SMARTS) is 1. The smallest absolute Gasteiger partial charge is 0.320 e. The van der Waals surface area contributed by atoms with E-state index in [0.29, 0.717) is 11.5 Å². The first-order valence-corrected chi connectivity index (χ1v) is 5.43. The van der Waals surface area contributed by atoms with Gasteiger partial charge in [-0.25, -0.2) is 0 Å². The van der Waals surface area contributed by atoms with Crippen LogP contribution in [0, 0.1) is 0 Å². The van der Waals surface area contributed by atoms with Gasteiger partial charge in [-0.1, -0.05) is 0 Å². The van der Waals surface area contributed by atoms with E-state index in [9.17, 15) is 4.79 Å². The molecule has 1 atom stereocenters. The van der Waals surface area contributed by atoms with E-state index in [0.717, 1.165) is 10.0 Å². The maximum Gasteiger partial charge on any atom is 0.320 e. The zero-order chi connectivity index (χ0) is 11.7. The molecule has 3 N–H and O–H groups in total. The molecule has 1 aliphatic heterocycles. The molecule has 1 aliphatic rings. The number of aliphatic carboxylic acids is 1. The largest absolute Gasteiger partial charge is 0.480 e. The maximum atomic E-state index is 10.6. The van der Waals surface area contributed by atoms with Crippen LogP contribution in [0.4, 0.5) is 0 Å². The van der Waals surface area contributed by atoms with Crippen molar-refractivity contribution in [2.24, 2.45) is 5.73 Å². The maximum absolute atomic E-state index is 10.6. The Morgan fingerprint density at radius 2 is 2.31 bits per heavy atom. The summed E-state index contributed by atoms with van der Waals surface area (Å²) in [5, 5.41) is 8.71. The van der Waals surface area contributed by atoms with Crippen molar-refractivity contribution in [1.82, 2.24) is 0 Å². The van der Waals surface area contributed by atoms with Crippen LogP contribution < -0.4 is 15.2 Å². The SMILES string of the molecule is NC(Cc1cc(Br)c2c(c1)OCO2)C(=O)O. The summed E-state index contributed by atoms with van der Waals surface area (Å²) in [5.74, 6) is 0.239. The molecule has 6 heteroatoms. The Balaban J connectivity index is 2.23. The van der Waals surface area contributed by atoms with Crippen LogP contribution >= 0.6 is 15.9 Å². The number of carbonyl (C=O) groups is 1. The molecule has 0 fully saturated rings. The Morgan fingerprint density at radius 3 is 3.00 bits per heavy atom. The fourth-order valence-electron chi connectivity index (χ4n) is 1.48. The summed E-state index contributed by atoms with van der Waals surface area (Å²) in [6, 6.07) is 2.62. The van der Waals surface area contributed by atoms with Crippen LogP contribution in [-0.2, 0) is 11.2 Å². The minimum absolute atomic E-state index is 0.183. The number of ether oxygens (including phenoxy) is 2. The van der Waals surface area contributed by atoms with Crippen LogP contribution in [0.15, 0.2) is 16.6 Å². The van der Waals surface area contributed by atoms with Gasteiger partial charge in [0.25, 0.3) is 0 Å². The van der Waals surface area contributed by atoms with Crippen molar-refractivity contribution in [3.05, 3.63) is 22.2 Å². The Kier molecular flexibility index (Phi) is 3.02. The number of rotatable bonds is 3. The second-order valence-electron chi connectivity index (χ2n) is 3.46. The molecule has 1 aromatic carbocycles. The summed E-state index contributed by atoms with van der Waals surface area (Å²) in [6.07, 6.45) is 0.255. The lowest BCUT2D eigenvalue weighted by molar-refractivity contribution is -0.138. The standard InChI is InChI=1S/C10H10BrNO4/c11-6-1-5(2-7(12)10(13)14)3-8-9(6)16-4-15-8/h1,3,7H,2,4,12H2,(H,13,14). The van der Waals surface area contributed by atoms with Gasteiger partial charge in [-0.15, -0.1) is 0 Å². The summed E-state index contributed by atoms with van der Waals surface area (Å²) >= 11 is 3.33. The highest BCUT2D eigenvalue weighted by Crippen LogP contribution is 2.40. The molecule has 0 spiro atoms. The summed E-state index contributed by atoms with van der Waals surface area (Å²) < 4.78 is 11.2. The molecule has 0 radical (unpaired) electrons.